The van der Waals surface area contributed by atoms with Crippen molar-refractivity contribution in [3.63, 3.8) is 0 Å². The third-order valence-electron chi connectivity index (χ3n) is 7.87. The molecule has 0 spiro atoms. The fraction of sp³-hybridized carbons (Fsp3) is 0.158. The standard InChI is InChI=1S/C38H30Cl2N2O6/c1-23-27(21-47-37-13-35(45-3)29(18-43)11-33(37)39)6-4-8-31(23)32-9-5-7-28(24(32)2)22-48-38-14-36(30(19-44)12-34(38)40)46-20-26-10-25(15-41)16-42-17-26/h4-14,16-19H,20-22H2,1-3H3. The maximum absolute atomic E-state index is 11.8. The molecule has 0 aliphatic rings. The number of halogens is 2. The molecular formula is C38H30Cl2N2O6. The van der Waals surface area contributed by atoms with Crippen molar-refractivity contribution in [2.24, 2.45) is 0 Å². The van der Waals surface area contributed by atoms with Crippen LogP contribution in [0.15, 0.2) is 79.1 Å². The van der Waals surface area contributed by atoms with Gasteiger partial charge in [-0.3, -0.25) is 14.6 Å². The number of ether oxygens (including phenoxy) is 4. The number of hydrogen-bond acceptors (Lipinski definition) is 8. The minimum absolute atomic E-state index is 0.0999. The van der Waals surface area contributed by atoms with Crippen molar-refractivity contribution in [3.05, 3.63) is 134 Å². The first-order valence-electron chi connectivity index (χ1n) is 14.8. The molecule has 8 nitrogen and oxygen atoms in total. The lowest BCUT2D eigenvalue weighted by molar-refractivity contribution is 0.111. The van der Waals surface area contributed by atoms with Crippen LogP contribution >= 0.6 is 23.2 Å². The number of carbonyl (C=O) groups excluding carboxylic acids is 2. The number of nitriles is 1. The molecule has 0 aliphatic heterocycles. The Morgan fingerprint density at radius 3 is 1.75 bits per heavy atom. The predicted octanol–water partition coefficient (Wildman–Crippen LogP) is 8.91. The van der Waals surface area contributed by atoms with E-state index < -0.39 is 0 Å². The summed E-state index contributed by atoms with van der Waals surface area (Å²) < 4.78 is 23.4. The minimum atomic E-state index is 0.0999. The lowest BCUT2D eigenvalue weighted by atomic mass is 9.92. The van der Waals surface area contributed by atoms with E-state index in [0.717, 1.165) is 33.4 Å². The van der Waals surface area contributed by atoms with Gasteiger partial charge in [0.1, 0.15) is 48.9 Å². The second kappa shape index (κ2) is 15.5. The Bertz CT molecular complexity index is 2040. The summed E-state index contributed by atoms with van der Waals surface area (Å²) in [5, 5.41) is 9.73. The Morgan fingerprint density at radius 1 is 0.708 bits per heavy atom. The molecule has 5 aromatic rings. The summed E-state index contributed by atoms with van der Waals surface area (Å²) in [7, 11) is 1.48. The Hall–Kier alpha value is -5.36. The van der Waals surface area contributed by atoms with Gasteiger partial charge in [0, 0.05) is 30.1 Å². The van der Waals surface area contributed by atoms with E-state index >= 15 is 0 Å². The summed E-state index contributed by atoms with van der Waals surface area (Å²) in [6, 6.07) is 22.0. The molecule has 0 saturated carbocycles. The van der Waals surface area contributed by atoms with Crippen LogP contribution in [-0.2, 0) is 19.8 Å². The normalized spacial score (nSPS) is 10.6. The summed E-state index contributed by atoms with van der Waals surface area (Å²) in [6.45, 7) is 4.64. The van der Waals surface area contributed by atoms with Crippen molar-refractivity contribution in [1.29, 1.82) is 5.26 Å². The second-order valence-electron chi connectivity index (χ2n) is 10.8. The molecule has 4 aromatic carbocycles. The van der Waals surface area contributed by atoms with E-state index in [1.54, 1.807) is 24.4 Å². The number of rotatable bonds is 13. The number of methoxy groups -OCH3 is 1. The maximum Gasteiger partial charge on any atom is 0.153 e. The lowest BCUT2D eigenvalue weighted by Crippen LogP contribution is -2.04. The Kier molecular flexibility index (Phi) is 11.0. The number of aromatic nitrogens is 1. The number of carbonyl (C=O) groups is 2. The van der Waals surface area contributed by atoms with E-state index in [9.17, 15) is 9.59 Å². The summed E-state index contributed by atoms with van der Waals surface area (Å²) in [6.07, 6.45) is 4.41. The van der Waals surface area contributed by atoms with Gasteiger partial charge in [0.2, 0.25) is 0 Å². The van der Waals surface area contributed by atoms with Gasteiger partial charge in [0.25, 0.3) is 0 Å². The molecular weight excluding hydrogens is 651 g/mol. The van der Waals surface area contributed by atoms with Crippen LogP contribution in [0.25, 0.3) is 11.1 Å². The molecule has 5 rings (SSSR count). The smallest absolute Gasteiger partial charge is 0.153 e. The Morgan fingerprint density at radius 2 is 1.23 bits per heavy atom. The maximum atomic E-state index is 11.8. The number of benzene rings is 4. The van der Waals surface area contributed by atoms with Gasteiger partial charge >= 0.3 is 0 Å². The van der Waals surface area contributed by atoms with Crippen LogP contribution in [0.4, 0.5) is 0 Å². The monoisotopic (exact) mass is 680 g/mol. The van der Waals surface area contributed by atoms with Crippen molar-refractivity contribution >= 4 is 35.8 Å². The fourth-order valence-corrected chi connectivity index (χ4v) is 5.62. The average Bonchev–Trinajstić information content (AvgIpc) is 3.10. The number of nitrogens with zero attached hydrogens (tertiary/aromatic N) is 2. The van der Waals surface area contributed by atoms with E-state index in [1.807, 2.05) is 44.2 Å². The molecule has 242 valence electrons. The highest BCUT2D eigenvalue weighted by Gasteiger charge is 2.16. The average molecular weight is 682 g/mol. The molecule has 0 radical (unpaired) electrons. The molecule has 0 saturated heterocycles. The van der Waals surface area contributed by atoms with Crippen LogP contribution in [0.3, 0.4) is 0 Å². The van der Waals surface area contributed by atoms with E-state index in [1.165, 1.54) is 25.4 Å². The van der Waals surface area contributed by atoms with E-state index in [-0.39, 0.29) is 30.4 Å². The van der Waals surface area contributed by atoms with Crippen molar-refractivity contribution in [2.75, 3.05) is 7.11 Å². The van der Waals surface area contributed by atoms with Gasteiger partial charge in [0.05, 0.1) is 33.8 Å². The molecule has 0 N–H and O–H groups in total. The summed E-state index contributed by atoms with van der Waals surface area (Å²) >= 11 is 12.9. The first kappa shape index (κ1) is 34.0. The molecule has 0 bridgehead atoms. The molecule has 0 amide bonds. The highest BCUT2D eigenvalue weighted by atomic mass is 35.5. The minimum Gasteiger partial charge on any atom is -0.496 e. The number of pyridine rings is 1. The van der Waals surface area contributed by atoms with Crippen LogP contribution < -0.4 is 18.9 Å². The van der Waals surface area contributed by atoms with E-state index in [0.29, 0.717) is 57.3 Å². The molecule has 0 fully saturated rings. The summed E-state index contributed by atoms with van der Waals surface area (Å²) in [4.78, 5) is 27.1. The first-order valence-corrected chi connectivity index (χ1v) is 15.5. The van der Waals surface area contributed by atoms with Crippen molar-refractivity contribution in [2.45, 2.75) is 33.7 Å². The SMILES string of the molecule is COc1cc(OCc2cccc(-c3cccc(COc4cc(OCc5cncc(C#N)c5)c(C=O)cc4Cl)c3C)c2C)c(Cl)cc1C=O. The Labute approximate surface area is 288 Å². The zero-order valence-electron chi connectivity index (χ0n) is 26.4. The highest BCUT2D eigenvalue weighted by molar-refractivity contribution is 6.32. The van der Waals surface area contributed by atoms with Gasteiger partial charge in [-0.15, -0.1) is 0 Å². The second-order valence-corrected chi connectivity index (χ2v) is 11.6. The van der Waals surface area contributed by atoms with Crippen molar-refractivity contribution < 1.29 is 28.5 Å². The van der Waals surface area contributed by atoms with Gasteiger partial charge in [-0.2, -0.15) is 5.26 Å². The zero-order chi connectivity index (χ0) is 34.2. The molecule has 0 unspecified atom stereocenters. The fourth-order valence-electron chi connectivity index (χ4n) is 5.17. The molecule has 10 heteroatoms. The topological polar surface area (TPSA) is 108 Å². The molecule has 1 heterocycles. The number of aldehydes is 2. The summed E-state index contributed by atoms with van der Waals surface area (Å²) in [5.74, 6) is 1.45. The highest BCUT2D eigenvalue weighted by Crippen LogP contribution is 2.36. The predicted molar refractivity (Wildman–Crippen MR) is 184 cm³/mol. The van der Waals surface area contributed by atoms with E-state index in [2.05, 4.69) is 17.1 Å². The Balaban J connectivity index is 1.33. The first-order chi connectivity index (χ1) is 23.3. The van der Waals surface area contributed by atoms with E-state index in [4.69, 9.17) is 47.4 Å². The quantitative estimate of drug-likeness (QED) is 0.113. The molecule has 0 aliphatic carbocycles. The van der Waals surface area contributed by atoms with Crippen LogP contribution in [0.5, 0.6) is 23.0 Å². The van der Waals surface area contributed by atoms with Crippen molar-refractivity contribution in [3.8, 4) is 40.2 Å². The van der Waals surface area contributed by atoms with Crippen LogP contribution in [-0.4, -0.2) is 24.7 Å². The van der Waals surface area contributed by atoms with Gasteiger partial charge in [-0.05, 0) is 65.4 Å². The molecule has 48 heavy (non-hydrogen) atoms. The lowest BCUT2D eigenvalue weighted by Gasteiger charge is -2.18. The van der Waals surface area contributed by atoms with Crippen LogP contribution in [0, 0.1) is 25.2 Å². The third-order valence-corrected chi connectivity index (χ3v) is 8.46. The van der Waals surface area contributed by atoms with Gasteiger partial charge in [-0.1, -0.05) is 59.6 Å². The van der Waals surface area contributed by atoms with Gasteiger partial charge in [-0.25, -0.2) is 0 Å². The largest absolute Gasteiger partial charge is 0.496 e. The van der Waals surface area contributed by atoms with Gasteiger partial charge < -0.3 is 18.9 Å². The zero-order valence-corrected chi connectivity index (χ0v) is 27.9. The van der Waals surface area contributed by atoms with Crippen LogP contribution in [0.2, 0.25) is 10.0 Å². The van der Waals surface area contributed by atoms with Gasteiger partial charge in [0.15, 0.2) is 12.6 Å². The molecule has 1 aromatic heterocycles. The van der Waals surface area contributed by atoms with Crippen LogP contribution in [0.1, 0.15) is 54.1 Å². The van der Waals surface area contributed by atoms with Crippen molar-refractivity contribution in [1.82, 2.24) is 4.98 Å². The summed E-state index contributed by atoms with van der Waals surface area (Å²) in [5.41, 5.74) is 7.75. The third kappa shape index (κ3) is 7.60. The molecule has 0 atom stereocenters. The number of hydrogen-bond donors (Lipinski definition) is 0.